The Morgan fingerprint density at radius 3 is 2.32 bits per heavy atom. The summed E-state index contributed by atoms with van der Waals surface area (Å²) in [5.41, 5.74) is -1.46. The maximum Gasteiger partial charge on any atom is 0.418 e. The molecule has 0 saturated heterocycles. The number of amides is 2. The van der Waals surface area contributed by atoms with E-state index in [4.69, 9.17) is 11.6 Å². The van der Waals surface area contributed by atoms with Gasteiger partial charge in [0, 0.05) is 11.1 Å². The number of alkyl halides is 3. The zero-order chi connectivity index (χ0) is 18.4. The second-order valence-electron chi connectivity index (χ2n) is 6.17. The Bertz CT molecular complexity index is 627. The Hall–Kier alpha value is -1.76. The van der Waals surface area contributed by atoms with Crippen LogP contribution in [0.1, 0.15) is 50.5 Å². The lowest BCUT2D eigenvalue weighted by molar-refractivity contribution is -0.137. The quantitative estimate of drug-likeness (QED) is 0.599. The summed E-state index contributed by atoms with van der Waals surface area (Å²) in [5.74, 6) is -1.27. The van der Waals surface area contributed by atoms with Gasteiger partial charge in [-0.05, 0) is 31.0 Å². The minimum Gasteiger partial charge on any atom is -0.353 e. The summed E-state index contributed by atoms with van der Waals surface area (Å²) in [6, 6.07) is 3.09. The Labute approximate surface area is 149 Å². The van der Waals surface area contributed by atoms with Crippen molar-refractivity contribution in [2.45, 2.75) is 57.2 Å². The molecule has 4 nitrogen and oxygen atoms in total. The molecule has 1 aromatic rings. The zero-order valence-electron chi connectivity index (χ0n) is 13.6. The van der Waals surface area contributed by atoms with Crippen molar-refractivity contribution in [2.24, 2.45) is 0 Å². The summed E-state index contributed by atoms with van der Waals surface area (Å²) in [4.78, 5) is 23.9. The van der Waals surface area contributed by atoms with Crippen LogP contribution >= 0.6 is 11.6 Å². The van der Waals surface area contributed by atoms with Gasteiger partial charge in [-0.25, -0.2) is 0 Å². The highest BCUT2D eigenvalue weighted by atomic mass is 35.5. The molecular weight excluding hydrogens is 357 g/mol. The number of halogens is 4. The molecule has 138 valence electrons. The summed E-state index contributed by atoms with van der Waals surface area (Å²) in [7, 11) is 0. The van der Waals surface area contributed by atoms with Crippen molar-refractivity contribution in [3.05, 3.63) is 28.8 Å². The molecule has 2 N–H and O–H groups in total. The third-order valence-electron chi connectivity index (χ3n) is 4.10. The van der Waals surface area contributed by atoms with Crippen LogP contribution in [0.4, 0.5) is 18.9 Å². The number of rotatable bonds is 4. The van der Waals surface area contributed by atoms with E-state index in [1.165, 1.54) is 6.07 Å². The van der Waals surface area contributed by atoms with Gasteiger partial charge >= 0.3 is 6.18 Å². The first-order valence-corrected chi connectivity index (χ1v) is 8.59. The van der Waals surface area contributed by atoms with E-state index in [1.807, 2.05) is 0 Å². The Balaban J connectivity index is 1.94. The smallest absolute Gasteiger partial charge is 0.353 e. The molecule has 0 heterocycles. The molecular formula is C17H20ClF3N2O2. The van der Waals surface area contributed by atoms with Crippen LogP contribution in [0.2, 0.25) is 5.02 Å². The topological polar surface area (TPSA) is 58.2 Å². The van der Waals surface area contributed by atoms with Crippen LogP contribution in [0.3, 0.4) is 0 Å². The molecule has 1 saturated carbocycles. The van der Waals surface area contributed by atoms with Crippen molar-refractivity contribution in [3.63, 3.8) is 0 Å². The second-order valence-corrected chi connectivity index (χ2v) is 6.61. The minimum atomic E-state index is -4.66. The second kappa shape index (κ2) is 8.56. The molecule has 0 bridgehead atoms. The van der Waals surface area contributed by atoms with Crippen molar-refractivity contribution in [1.82, 2.24) is 5.32 Å². The highest BCUT2D eigenvalue weighted by Gasteiger charge is 2.34. The maximum atomic E-state index is 13.0. The van der Waals surface area contributed by atoms with Gasteiger partial charge in [0.15, 0.2) is 0 Å². The van der Waals surface area contributed by atoms with Crippen LogP contribution < -0.4 is 10.6 Å². The molecule has 2 amide bonds. The van der Waals surface area contributed by atoms with Crippen molar-refractivity contribution in [3.8, 4) is 0 Å². The van der Waals surface area contributed by atoms with E-state index in [9.17, 15) is 22.8 Å². The average Bonchev–Trinajstić information content (AvgIpc) is 2.76. The van der Waals surface area contributed by atoms with Crippen LogP contribution in [0.25, 0.3) is 0 Å². The fraction of sp³-hybridized carbons (Fsp3) is 0.529. The summed E-state index contributed by atoms with van der Waals surface area (Å²) >= 11 is 5.59. The largest absolute Gasteiger partial charge is 0.418 e. The van der Waals surface area contributed by atoms with Crippen LogP contribution in [-0.2, 0) is 15.8 Å². The molecule has 0 aromatic heterocycles. The van der Waals surface area contributed by atoms with Crippen LogP contribution in [-0.4, -0.2) is 17.9 Å². The third kappa shape index (κ3) is 6.23. The fourth-order valence-corrected chi connectivity index (χ4v) is 3.07. The van der Waals surface area contributed by atoms with Crippen LogP contribution in [0.15, 0.2) is 18.2 Å². The van der Waals surface area contributed by atoms with E-state index in [-0.39, 0.29) is 11.1 Å². The summed E-state index contributed by atoms with van der Waals surface area (Å²) in [5, 5.41) is 4.85. The number of hydrogen-bond donors (Lipinski definition) is 2. The van der Waals surface area contributed by atoms with E-state index in [1.54, 1.807) is 0 Å². The normalized spacial score (nSPS) is 16.2. The Morgan fingerprint density at radius 1 is 1.08 bits per heavy atom. The average molecular weight is 377 g/mol. The van der Waals surface area contributed by atoms with E-state index in [0.717, 1.165) is 50.7 Å². The molecule has 0 unspecified atom stereocenters. The van der Waals surface area contributed by atoms with Crippen LogP contribution in [0.5, 0.6) is 0 Å². The standard InChI is InChI=1S/C17H20ClF3N2O2/c18-11-7-8-14(13(9-11)17(19,20)21)23-16(25)10-15(24)22-12-5-3-1-2-4-6-12/h7-9,12H,1-6,10H2,(H,22,24)(H,23,25). The summed E-state index contributed by atoms with van der Waals surface area (Å²) < 4.78 is 39.0. The highest BCUT2D eigenvalue weighted by Crippen LogP contribution is 2.36. The van der Waals surface area contributed by atoms with Crippen molar-refractivity contribution >= 4 is 29.1 Å². The number of carbonyl (C=O) groups excluding carboxylic acids is 2. The van der Waals surface area contributed by atoms with Gasteiger partial charge < -0.3 is 10.6 Å². The predicted octanol–water partition coefficient (Wildman–Crippen LogP) is 4.53. The SMILES string of the molecule is O=C(CC(=O)NC1CCCCCC1)Nc1ccc(Cl)cc1C(F)(F)F. The molecule has 1 fully saturated rings. The van der Waals surface area contributed by atoms with Crippen molar-refractivity contribution in [2.75, 3.05) is 5.32 Å². The van der Waals surface area contributed by atoms with Gasteiger partial charge in [-0.15, -0.1) is 0 Å². The van der Waals surface area contributed by atoms with Crippen molar-refractivity contribution in [1.29, 1.82) is 0 Å². The zero-order valence-corrected chi connectivity index (χ0v) is 14.3. The lowest BCUT2D eigenvalue weighted by atomic mass is 10.1. The van der Waals surface area contributed by atoms with Crippen LogP contribution in [0, 0.1) is 0 Å². The van der Waals surface area contributed by atoms with Gasteiger partial charge in [0.25, 0.3) is 0 Å². The molecule has 0 radical (unpaired) electrons. The highest BCUT2D eigenvalue weighted by molar-refractivity contribution is 6.30. The molecule has 8 heteroatoms. The molecule has 0 aliphatic heterocycles. The van der Waals surface area contributed by atoms with E-state index < -0.39 is 35.7 Å². The first kappa shape index (κ1) is 19.6. The monoisotopic (exact) mass is 376 g/mol. The Morgan fingerprint density at radius 2 is 1.72 bits per heavy atom. The Kier molecular flexibility index (Phi) is 6.70. The number of anilines is 1. The number of hydrogen-bond acceptors (Lipinski definition) is 2. The molecule has 25 heavy (non-hydrogen) atoms. The van der Waals surface area contributed by atoms with E-state index in [2.05, 4.69) is 10.6 Å². The maximum absolute atomic E-state index is 13.0. The van der Waals surface area contributed by atoms with E-state index >= 15 is 0 Å². The molecule has 1 aliphatic rings. The molecule has 1 aromatic carbocycles. The predicted molar refractivity (Wildman–Crippen MR) is 89.3 cm³/mol. The molecule has 1 aliphatic carbocycles. The number of carbonyl (C=O) groups is 2. The number of benzene rings is 1. The van der Waals surface area contributed by atoms with E-state index in [0.29, 0.717) is 0 Å². The first-order chi connectivity index (χ1) is 11.8. The first-order valence-electron chi connectivity index (χ1n) is 8.21. The summed E-state index contributed by atoms with van der Waals surface area (Å²) in [6.07, 6.45) is 0.860. The summed E-state index contributed by atoms with van der Waals surface area (Å²) in [6.45, 7) is 0. The fourth-order valence-electron chi connectivity index (χ4n) is 2.90. The lowest BCUT2D eigenvalue weighted by Gasteiger charge is -2.17. The van der Waals surface area contributed by atoms with Gasteiger partial charge in [0.1, 0.15) is 6.42 Å². The number of nitrogens with one attached hydrogen (secondary N) is 2. The van der Waals surface area contributed by atoms with Gasteiger partial charge in [0.05, 0.1) is 11.3 Å². The van der Waals surface area contributed by atoms with Crippen molar-refractivity contribution < 1.29 is 22.8 Å². The van der Waals surface area contributed by atoms with Gasteiger partial charge in [-0.1, -0.05) is 37.3 Å². The van der Waals surface area contributed by atoms with Gasteiger partial charge in [-0.2, -0.15) is 13.2 Å². The molecule has 2 rings (SSSR count). The van der Waals surface area contributed by atoms with Gasteiger partial charge in [-0.3, -0.25) is 9.59 Å². The lowest BCUT2D eigenvalue weighted by Crippen LogP contribution is -2.36. The third-order valence-corrected chi connectivity index (χ3v) is 4.34. The molecule has 0 spiro atoms. The minimum absolute atomic E-state index is 0.0315. The molecule has 0 atom stereocenters. The van der Waals surface area contributed by atoms with Gasteiger partial charge in [0.2, 0.25) is 11.8 Å².